The van der Waals surface area contributed by atoms with Gasteiger partial charge in [0.25, 0.3) is 5.91 Å². The molecule has 1 amide bonds. The molecule has 1 fully saturated rings. The van der Waals surface area contributed by atoms with Crippen LogP contribution in [0.5, 0.6) is 0 Å². The van der Waals surface area contributed by atoms with E-state index < -0.39 is 11.6 Å². The van der Waals surface area contributed by atoms with E-state index in [0.29, 0.717) is 39.8 Å². The van der Waals surface area contributed by atoms with Crippen molar-refractivity contribution in [3.63, 3.8) is 0 Å². The van der Waals surface area contributed by atoms with Crippen LogP contribution in [-0.2, 0) is 9.53 Å². The van der Waals surface area contributed by atoms with E-state index in [1.54, 1.807) is 19.5 Å². The molecule has 7 nitrogen and oxygen atoms in total. The van der Waals surface area contributed by atoms with Gasteiger partial charge in [-0.3, -0.25) is 4.79 Å². The van der Waals surface area contributed by atoms with E-state index in [0.717, 1.165) is 56.9 Å². The van der Waals surface area contributed by atoms with E-state index in [1.165, 1.54) is 6.07 Å². The Morgan fingerprint density at radius 2 is 2.00 bits per heavy atom. The summed E-state index contributed by atoms with van der Waals surface area (Å²) >= 11 is 0. The van der Waals surface area contributed by atoms with Crippen molar-refractivity contribution in [1.82, 2.24) is 14.9 Å². The molecule has 1 saturated heterocycles. The predicted octanol–water partition coefficient (Wildman–Crippen LogP) is 4.12. The largest absolute Gasteiger partial charge is 0.383 e. The van der Waals surface area contributed by atoms with E-state index in [9.17, 15) is 13.6 Å². The fourth-order valence-electron chi connectivity index (χ4n) is 4.72. The van der Waals surface area contributed by atoms with Gasteiger partial charge in [0.05, 0.1) is 12.2 Å². The normalized spacial score (nSPS) is 17.9. The number of carbonyl (C=O) groups excluding carboxylic acids is 1. The second-order valence-electron chi connectivity index (χ2n) is 8.78. The molecule has 35 heavy (non-hydrogen) atoms. The first-order valence-electron chi connectivity index (χ1n) is 11.7. The third-order valence-corrected chi connectivity index (χ3v) is 6.53. The molecule has 0 unspecified atom stereocenters. The molecular weight excluding hydrogens is 452 g/mol. The Balaban J connectivity index is 1.47. The van der Waals surface area contributed by atoms with Gasteiger partial charge in [-0.15, -0.1) is 0 Å². The molecule has 3 aromatic rings. The third-order valence-electron chi connectivity index (χ3n) is 6.53. The Hall–Kier alpha value is -3.56. The molecule has 9 heteroatoms. The van der Waals surface area contributed by atoms with Crippen LogP contribution in [0, 0.1) is 11.6 Å². The molecule has 0 spiro atoms. The zero-order chi connectivity index (χ0) is 24.4. The highest BCUT2D eigenvalue weighted by atomic mass is 19.2. The highest BCUT2D eigenvalue weighted by molar-refractivity contribution is 6.38. The van der Waals surface area contributed by atoms with Gasteiger partial charge in [-0.25, -0.2) is 13.8 Å². The maximum absolute atomic E-state index is 14.1. The van der Waals surface area contributed by atoms with Gasteiger partial charge in [-0.05, 0) is 48.7 Å². The number of hydrogen-bond donors (Lipinski definition) is 3. The number of anilines is 2. The van der Waals surface area contributed by atoms with Crippen LogP contribution in [0.15, 0.2) is 48.8 Å². The van der Waals surface area contributed by atoms with Crippen molar-refractivity contribution in [2.45, 2.75) is 18.9 Å². The Bertz CT molecular complexity index is 1250. The second-order valence-corrected chi connectivity index (χ2v) is 8.78. The van der Waals surface area contributed by atoms with Gasteiger partial charge in [-0.2, -0.15) is 0 Å². The van der Waals surface area contributed by atoms with Crippen LogP contribution >= 0.6 is 0 Å². The minimum atomic E-state index is -0.988. The molecule has 0 bridgehead atoms. The number of aromatic amines is 1. The summed E-state index contributed by atoms with van der Waals surface area (Å²) in [6, 6.07) is 9.66. The monoisotopic (exact) mass is 479 g/mol. The van der Waals surface area contributed by atoms with Crippen LogP contribution in [0.2, 0.25) is 0 Å². The molecule has 0 saturated carbocycles. The van der Waals surface area contributed by atoms with Crippen LogP contribution in [-0.4, -0.2) is 60.2 Å². The van der Waals surface area contributed by atoms with Gasteiger partial charge in [0, 0.05) is 67.7 Å². The van der Waals surface area contributed by atoms with Crippen LogP contribution in [0.25, 0.3) is 11.1 Å². The predicted molar refractivity (Wildman–Crippen MR) is 131 cm³/mol. The molecule has 5 rings (SSSR count). The van der Waals surface area contributed by atoms with Crippen LogP contribution in [0.1, 0.15) is 29.8 Å². The van der Waals surface area contributed by atoms with Gasteiger partial charge in [0.2, 0.25) is 0 Å². The summed E-state index contributed by atoms with van der Waals surface area (Å²) in [6.45, 7) is 3.66. The average molecular weight is 480 g/mol. The standard InChI is InChI=1S/C26H27F2N5O2/c1-35-13-12-33-10-6-17(7-11-33)31-18-3-5-22-19(15-18)24(26(34)32-22)23(25-29-8-9-30-25)16-2-4-20(27)21(28)14-16/h2-5,8-9,14-15,17,31H,6-7,10-13H2,1H3,(H,29,30)(H,32,34)/b24-23-. The van der Waals surface area contributed by atoms with E-state index in [4.69, 9.17) is 4.74 Å². The number of carbonyl (C=O) groups is 1. The van der Waals surface area contributed by atoms with Gasteiger partial charge < -0.3 is 25.3 Å². The molecule has 2 aliphatic rings. The summed E-state index contributed by atoms with van der Waals surface area (Å²) in [7, 11) is 1.72. The van der Waals surface area contributed by atoms with E-state index in [2.05, 4.69) is 25.5 Å². The fraction of sp³-hybridized carbons (Fsp3) is 0.308. The number of hydrogen-bond acceptors (Lipinski definition) is 5. The van der Waals surface area contributed by atoms with Crippen molar-refractivity contribution >= 4 is 28.4 Å². The van der Waals surface area contributed by atoms with E-state index in [1.807, 2.05) is 18.2 Å². The number of halogens is 2. The highest BCUT2D eigenvalue weighted by Crippen LogP contribution is 2.40. The van der Waals surface area contributed by atoms with Gasteiger partial charge in [0.15, 0.2) is 11.6 Å². The van der Waals surface area contributed by atoms with E-state index >= 15 is 0 Å². The Morgan fingerprint density at radius 1 is 1.17 bits per heavy atom. The molecular formula is C26H27F2N5O2. The number of nitrogens with zero attached hydrogens (tertiary/aromatic N) is 2. The number of imidazole rings is 1. The van der Waals surface area contributed by atoms with Crippen molar-refractivity contribution < 1.29 is 18.3 Å². The third kappa shape index (κ3) is 4.82. The summed E-state index contributed by atoms with van der Waals surface area (Å²) < 4.78 is 33.0. The van der Waals surface area contributed by atoms with Crippen molar-refractivity contribution in [2.75, 3.05) is 44.0 Å². The number of amides is 1. The van der Waals surface area contributed by atoms with Crippen LogP contribution < -0.4 is 10.6 Å². The first kappa shape index (κ1) is 23.2. The summed E-state index contributed by atoms with van der Waals surface area (Å²) in [6.07, 6.45) is 5.20. The Morgan fingerprint density at radius 3 is 2.71 bits per heavy atom. The maximum Gasteiger partial charge on any atom is 0.257 e. The lowest BCUT2D eigenvalue weighted by Gasteiger charge is -2.32. The lowest BCUT2D eigenvalue weighted by molar-refractivity contribution is -0.110. The van der Waals surface area contributed by atoms with Gasteiger partial charge >= 0.3 is 0 Å². The molecule has 3 N–H and O–H groups in total. The van der Waals surface area contributed by atoms with Crippen LogP contribution in [0.4, 0.5) is 20.2 Å². The number of benzene rings is 2. The maximum atomic E-state index is 14.1. The number of methoxy groups -OCH3 is 1. The molecule has 0 radical (unpaired) electrons. The number of nitrogens with one attached hydrogen (secondary N) is 3. The summed E-state index contributed by atoms with van der Waals surface area (Å²) in [4.78, 5) is 22.8. The first-order chi connectivity index (χ1) is 17.0. The van der Waals surface area contributed by atoms with Gasteiger partial charge in [-0.1, -0.05) is 6.07 Å². The fourth-order valence-corrected chi connectivity index (χ4v) is 4.72. The SMILES string of the molecule is COCCN1CCC(Nc2ccc3c(c2)/C(=C(\c2ccc(F)c(F)c2)c2ncc[nH]2)C(=O)N3)CC1. The minimum Gasteiger partial charge on any atom is -0.383 e. The van der Waals surface area contributed by atoms with Gasteiger partial charge in [0.1, 0.15) is 5.82 Å². The summed E-state index contributed by atoms with van der Waals surface area (Å²) in [5, 5.41) is 6.49. The Kier molecular flexibility index (Phi) is 6.61. The van der Waals surface area contributed by atoms with Crippen molar-refractivity contribution in [1.29, 1.82) is 0 Å². The number of fused-ring (bicyclic) bond motifs is 1. The molecule has 3 heterocycles. The molecule has 2 aliphatic heterocycles. The van der Waals surface area contributed by atoms with Crippen molar-refractivity contribution in [2.24, 2.45) is 0 Å². The lowest BCUT2D eigenvalue weighted by atomic mass is 9.94. The topological polar surface area (TPSA) is 82.3 Å². The second kappa shape index (κ2) is 9.97. The first-order valence-corrected chi connectivity index (χ1v) is 11.7. The Labute approximate surface area is 202 Å². The lowest BCUT2D eigenvalue weighted by Crippen LogP contribution is -2.40. The smallest absolute Gasteiger partial charge is 0.257 e. The van der Waals surface area contributed by atoms with Crippen molar-refractivity contribution in [3.8, 4) is 0 Å². The van der Waals surface area contributed by atoms with Crippen molar-refractivity contribution in [3.05, 3.63) is 77.4 Å². The number of rotatable bonds is 7. The summed E-state index contributed by atoms with van der Waals surface area (Å²) in [5.41, 5.74) is 3.38. The number of piperidine rings is 1. The molecule has 1 aromatic heterocycles. The highest BCUT2D eigenvalue weighted by Gasteiger charge is 2.30. The minimum absolute atomic E-state index is 0.320. The average Bonchev–Trinajstić information content (AvgIpc) is 3.50. The number of H-pyrrole nitrogens is 1. The molecule has 0 aliphatic carbocycles. The number of ether oxygens (including phenoxy) is 1. The van der Waals surface area contributed by atoms with Crippen LogP contribution in [0.3, 0.4) is 0 Å². The zero-order valence-electron chi connectivity index (χ0n) is 19.4. The number of likely N-dealkylation sites (tertiary alicyclic amines) is 1. The summed E-state index contributed by atoms with van der Waals surface area (Å²) in [5.74, 6) is -1.86. The molecule has 0 atom stereocenters. The quantitative estimate of drug-likeness (QED) is 0.444. The molecule has 2 aromatic carbocycles. The van der Waals surface area contributed by atoms with E-state index in [-0.39, 0.29) is 5.91 Å². The number of aromatic nitrogens is 2. The molecule has 182 valence electrons. The zero-order valence-corrected chi connectivity index (χ0v) is 19.4.